The standard InChI is InChI=1S/C17H28O3/c1-6-15(18)12-7-13(16(19)10(2)3)9-14(8-12)17(20)11(4)5/h10-14H,6-9H2,1-5H3. The van der Waals surface area contributed by atoms with Crippen LogP contribution in [0, 0.1) is 29.6 Å². The molecular weight excluding hydrogens is 252 g/mol. The summed E-state index contributed by atoms with van der Waals surface area (Å²) in [6.07, 6.45) is 2.43. The first-order valence-corrected chi connectivity index (χ1v) is 7.88. The molecule has 114 valence electrons. The van der Waals surface area contributed by atoms with Crippen molar-refractivity contribution in [1.29, 1.82) is 0 Å². The third-order valence-corrected chi connectivity index (χ3v) is 4.45. The van der Waals surface area contributed by atoms with Crippen LogP contribution >= 0.6 is 0 Å². The van der Waals surface area contributed by atoms with Crippen molar-refractivity contribution in [3.05, 3.63) is 0 Å². The van der Waals surface area contributed by atoms with Gasteiger partial charge in [-0.05, 0) is 19.3 Å². The monoisotopic (exact) mass is 280 g/mol. The number of carbonyl (C=O) groups is 3. The maximum Gasteiger partial charge on any atom is 0.138 e. The lowest BCUT2D eigenvalue weighted by atomic mass is 9.68. The number of carbonyl (C=O) groups excluding carboxylic acids is 3. The van der Waals surface area contributed by atoms with E-state index in [2.05, 4.69) is 0 Å². The fourth-order valence-corrected chi connectivity index (χ4v) is 3.28. The van der Waals surface area contributed by atoms with Gasteiger partial charge in [0.25, 0.3) is 0 Å². The van der Waals surface area contributed by atoms with E-state index in [1.807, 2.05) is 34.6 Å². The predicted molar refractivity (Wildman–Crippen MR) is 79.3 cm³/mol. The summed E-state index contributed by atoms with van der Waals surface area (Å²) in [4.78, 5) is 36.6. The average Bonchev–Trinajstić information content (AvgIpc) is 2.43. The maximum atomic E-state index is 12.3. The van der Waals surface area contributed by atoms with Crippen LogP contribution in [0.3, 0.4) is 0 Å². The summed E-state index contributed by atoms with van der Waals surface area (Å²) in [5.41, 5.74) is 0. The molecule has 1 aliphatic carbocycles. The minimum atomic E-state index is -0.114. The summed E-state index contributed by atoms with van der Waals surface area (Å²) >= 11 is 0. The highest BCUT2D eigenvalue weighted by molar-refractivity contribution is 5.89. The normalized spacial score (nSPS) is 26.9. The van der Waals surface area contributed by atoms with Crippen LogP contribution in [-0.4, -0.2) is 17.3 Å². The number of ketones is 3. The number of Topliss-reactive ketones (excluding diaryl/α,β-unsaturated/α-hetero) is 3. The van der Waals surface area contributed by atoms with Crippen LogP contribution in [-0.2, 0) is 14.4 Å². The van der Waals surface area contributed by atoms with Gasteiger partial charge in [0.05, 0.1) is 0 Å². The van der Waals surface area contributed by atoms with Gasteiger partial charge < -0.3 is 0 Å². The van der Waals surface area contributed by atoms with E-state index >= 15 is 0 Å². The first-order chi connectivity index (χ1) is 9.27. The number of hydrogen-bond acceptors (Lipinski definition) is 3. The van der Waals surface area contributed by atoms with Crippen LogP contribution in [0.5, 0.6) is 0 Å². The van der Waals surface area contributed by atoms with E-state index < -0.39 is 0 Å². The minimum absolute atomic E-state index is 0.0229. The number of rotatable bonds is 6. The summed E-state index contributed by atoms with van der Waals surface area (Å²) in [5.74, 6) is 0.242. The molecule has 0 bridgehead atoms. The molecule has 0 N–H and O–H groups in total. The molecule has 1 saturated carbocycles. The molecule has 0 spiro atoms. The van der Waals surface area contributed by atoms with Crippen LogP contribution in [0.1, 0.15) is 60.3 Å². The van der Waals surface area contributed by atoms with Crippen molar-refractivity contribution in [2.24, 2.45) is 29.6 Å². The topological polar surface area (TPSA) is 51.2 Å². The van der Waals surface area contributed by atoms with Gasteiger partial charge in [0.1, 0.15) is 17.3 Å². The third-order valence-electron chi connectivity index (χ3n) is 4.45. The van der Waals surface area contributed by atoms with Gasteiger partial charge in [-0.1, -0.05) is 34.6 Å². The second-order valence-corrected chi connectivity index (χ2v) is 6.73. The van der Waals surface area contributed by atoms with E-state index in [1.165, 1.54) is 0 Å². The van der Waals surface area contributed by atoms with Crippen molar-refractivity contribution >= 4 is 17.3 Å². The van der Waals surface area contributed by atoms with E-state index in [-0.39, 0.29) is 46.9 Å². The molecule has 1 aliphatic rings. The molecule has 0 aromatic heterocycles. The SMILES string of the molecule is CCC(=O)C1CC(C(=O)C(C)C)CC(C(=O)C(C)C)C1. The molecule has 0 heterocycles. The second kappa shape index (κ2) is 7.14. The quantitative estimate of drug-likeness (QED) is 0.748. The molecule has 0 saturated heterocycles. The zero-order valence-electron chi connectivity index (χ0n) is 13.4. The first-order valence-electron chi connectivity index (χ1n) is 7.88. The molecule has 3 heteroatoms. The van der Waals surface area contributed by atoms with E-state index in [0.717, 1.165) is 0 Å². The minimum Gasteiger partial charge on any atom is -0.299 e. The molecule has 3 nitrogen and oxygen atoms in total. The lowest BCUT2D eigenvalue weighted by Gasteiger charge is -2.34. The predicted octanol–water partition coefficient (Wildman–Crippen LogP) is 3.45. The molecule has 0 amide bonds. The second-order valence-electron chi connectivity index (χ2n) is 6.73. The molecule has 20 heavy (non-hydrogen) atoms. The summed E-state index contributed by atoms with van der Waals surface area (Å²) in [7, 11) is 0. The van der Waals surface area contributed by atoms with Crippen LogP contribution in [0.2, 0.25) is 0 Å². The highest BCUT2D eigenvalue weighted by atomic mass is 16.1. The van der Waals surface area contributed by atoms with Crippen molar-refractivity contribution in [3.63, 3.8) is 0 Å². The highest BCUT2D eigenvalue weighted by Gasteiger charge is 2.39. The summed E-state index contributed by atoms with van der Waals surface area (Å²) in [5, 5.41) is 0. The molecule has 0 radical (unpaired) electrons. The summed E-state index contributed by atoms with van der Waals surface area (Å²) in [6.45, 7) is 9.44. The maximum absolute atomic E-state index is 12.3. The fourth-order valence-electron chi connectivity index (χ4n) is 3.28. The smallest absolute Gasteiger partial charge is 0.138 e. The highest BCUT2D eigenvalue weighted by Crippen LogP contribution is 2.37. The lowest BCUT2D eigenvalue weighted by molar-refractivity contribution is -0.134. The number of hydrogen-bond donors (Lipinski definition) is 0. The van der Waals surface area contributed by atoms with Crippen LogP contribution < -0.4 is 0 Å². The van der Waals surface area contributed by atoms with E-state index in [4.69, 9.17) is 0 Å². The Morgan fingerprint density at radius 3 is 1.45 bits per heavy atom. The van der Waals surface area contributed by atoms with Gasteiger partial charge in [0, 0.05) is 36.0 Å². The van der Waals surface area contributed by atoms with Gasteiger partial charge >= 0.3 is 0 Å². The molecular formula is C17H28O3. The zero-order chi connectivity index (χ0) is 15.4. The van der Waals surface area contributed by atoms with Crippen LogP contribution in [0.15, 0.2) is 0 Å². The van der Waals surface area contributed by atoms with Crippen molar-refractivity contribution in [1.82, 2.24) is 0 Å². The molecule has 1 fully saturated rings. The largest absolute Gasteiger partial charge is 0.299 e. The van der Waals surface area contributed by atoms with E-state index in [0.29, 0.717) is 25.7 Å². The Hall–Kier alpha value is -0.990. The van der Waals surface area contributed by atoms with Gasteiger partial charge in [-0.3, -0.25) is 14.4 Å². The van der Waals surface area contributed by atoms with Gasteiger partial charge in [0.15, 0.2) is 0 Å². The van der Waals surface area contributed by atoms with Gasteiger partial charge in [0.2, 0.25) is 0 Å². The van der Waals surface area contributed by atoms with Crippen LogP contribution in [0.25, 0.3) is 0 Å². The molecule has 2 atom stereocenters. The first kappa shape index (κ1) is 17.1. The molecule has 2 unspecified atom stereocenters. The van der Waals surface area contributed by atoms with Gasteiger partial charge in [-0.15, -0.1) is 0 Å². The summed E-state index contributed by atoms with van der Waals surface area (Å²) in [6, 6.07) is 0. The third kappa shape index (κ3) is 4.00. The van der Waals surface area contributed by atoms with Gasteiger partial charge in [-0.2, -0.15) is 0 Å². The van der Waals surface area contributed by atoms with Gasteiger partial charge in [-0.25, -0.2) is 0 Å². The van der Waals surface area contributed by atoms with Crippen LogP contribution in [0.4, 0.5) is 0 Å². The average molecular weight is 280 g/mol. The molecule has 1 rings (SSSR count). The van der Waals surface area contributed by atoms with E-state index in [9.17, 15) is 14.4 Å². The van der Waals surface area contributed by atoms with E-state index in [1.54, 1.807) is 0 Å². The fraction of sp³-hybridized carbons (Fsp3) is 0.824. The van der Waals surface area contributed by atoms with Crippen molar-refractivity contribution in [3.8, 4) is 0 Å². The Morgan fingerprint density at radius 2 is 1.15 bits per heavy atom. The lowest BCUT2D eigenvalue weighted by Crippen LogP contribution is -2.37. The Balaban J connectivity index is 2.91. The Bertz CT molecular complexity index is 354. The van der Waals surface area contributed by atoms with Crippen molar-refractivity contribution in [2.75, 3.05) is 0 Å². The Labute approximate surface area is 122 Å². The molecule has 0 aromatic carbocycles. The molecule has 0 aliphatic heterocycles. The van der Waals surface area contributed by atoms with Crippen molar-refractivity contribution < 1.29 is 14.4 Å². The van der Waals surface area contributed by atoms with Crippen molar-refractivity contribution in [2.45, 2.75) is 60.3 Å². The zero-order valence-corrected chi connectivity index (χ0v) is 13.4. The Kier molecular flexibility index (Phi) is 6.09. The molecule has 0 aromatic rings. The summed E-state index contributed by atoms with van der Waals surface area (Å²) < 4.78 is 0. The Morgan fingerprint density at radius 1 is 0.800 bits per heavy atom.